The average Bonchev–Trinajstić information content (AvgIpc) is 2.94. The number of carbonyl (C=O) groups excluding carboxylic acids is 1. The molecule has 202 valence electrons. The standard InChI is InChI=1S/C28H27ClN4O6/c1-15(35)30-23-25(37)24(36)22(14-34)39-28(23)38-19-12-10-18(11-13-19)31-27-20-4-2-3-5-21(20)32-26(33-27)16-6-8-17(29)9-7-16/h2-13,22-25,28,34,36-37H,14H2,1H3,(H,30,35)(H,31,32,33)/t22-,23+,24+,25+,28+/m1/s1. The zero-order valence-electron chi connectivity index (χ0n) is 20.9. The van der Waals surface area contributed by atoms with Crippen LogP contribution in [-0.4, -0.2) is 68.4 Å². The Morgan fingerprint density at radius 2 is 1.72 bits per heavy atom. The third-order valence-corrected chi connectivity index (χ3v) is 6.58. The van der Waals surface area contributed by atoms with Gasteiger partial charge in [0.2, 0.25) is 12.2 Å². The van der Waals surface area contributed by atoms with Crippen LogP contribution in [0.1, 0.15) is 6.92 Å². The summed E-state index contributed by atoms with van der Waals surface area (Å²) in [6.07, 6.45) is -5.00. The molecule has 10 nitrogen and oxygen atoms in total. The summed E-state index contributed by atoms with van der Waals surface area (Å²) in [5, 5.41) is 37.5. The molecule has 0 bridgehead atoms. The molecule has 0 radical (unpaired) electrons. The fourth-order valence-corrected chi connectivity index (χ4v) is 4.48. The first-order valence-corrected chi connectivity index (χ1v) is 12.7. The van der Waals surface area contributed by atoms with Crippen molar-refractivity contribution in [2.45, 2.75) is 37.6 Å². The molecule has 5 atom stereocenters. The molecule has 1 fully saturated rings. The van der Waals surface area contributed by atoms with Crippen molar-refractivity contribution in [3.8, 4) is 17.1 Å². The number of ether oxygens (including phenoxy) is 2. The molecule has 5 rings (SSSR count). The summed E-state index contributed by atoms with van der Waals surface area (Å²) < 4.78 is 11.5. The van der Waals surface area contributed by atoms with E-state index in [1.165, 1.54) is 6.92 Å². The van der Waals surface area contributed by atoms with Crippen molar-refractivity contribution in [1.82, 2.24) is 15.3 Å². The predicted molar refractivity (Wildman–Crippen MR) is 146 cm³/mol. The van der Waals surface area contributed by atoms with Crippen LogP contribution in [0, 0.1) is 0 Å². The molecule has 11 heteroatoms. The number of nitrogens with one attached hydrogen (secondary N) is 2. The van der Waals surface area contributed by atoms with Crippen molar-refractivity contribution in [2.24, 2.45) is 0 Å². The Morgan fingerprint density at radius 3 is 2.41 bits per heavy atom. The van der Waals surface area contributed by atoms with E-state index in [4.69, 9.17) is 31.0 Å². The highest BCUT2D eigenvalue weighted by molar-refractivity contribution is 6.30. The lowest BCUT2D eigenvalue weighted by Gasteiger charge is -2.42. The second-order valence-electron chi connectivity index (χ2n) is 9.12. The van der Waals surface area contributed by atoms with Crippen LogP contribution < -0.4 is 15.4 Å². The third kappa shape index (κ3) is 5.95. The van der Waals surface area contributed by atoms with Crippen LogP contribution in [-0.2, 0) is 9.53 Å². The number of carbonyl (C=O) groups is 1. The minimum atomic E-state index is -1.40. The number of para-hydroxylation sites is 1. The summed E-state index contributed by atoms with van der Waals surface area (Å²) >= 11 is 6.04. The lowest BCUT2D eigenvalue weighted by Crippen LogP contribution is -2.65. The first-order chi connectivity index (χ1) is 18.8. The van der Waals surface area contributed by atoms with Crippen molar-refractivity contribution < 1.29 is 29.6 Å². The molecule has 5 N–H and O–H groups in total. The van der Waals surface area contributed by atoms with E-state index in [0.717, 1.165) is 22.2 Å². The van der Waals surface area contributed by atoms with Gasteiger partial charge in [0.1, 0.15) is 35.9 Å². The Labute approximate surface area is 229 Å². The number of rotatable bonds is 7. The van der Waals surface area contributed by atoms with Crippen LogP contribution in [0.3, 0.4) is 0 Å². The highest BCUT2D eigenvalue weighted by Gasteiger charge is 2.46. The fraction of sp³-hybridized carbons (Fsp3) is 0.250. The van der Waals surface area contributed by atoms with Gasteiger partial charge < -0.3 is 35.4 Å². The van der Waals surface area contributed by atoms with E-state index in [0.29, 0.717) is 22.4 Å². The predicted octanol–water partition coefficient (Wildman–Crippen LogP) is 3.02. The molecular weight excluding hydrogens is 524 g/mol. The first kappa shape index (κ1) is 26.8. The molecule has 0 unspecified atom stereocenters. The molecule has 1 saturated heterocycles. The number of aromatic nitrogens is 2. The maximum Gasteiger partial charge on any atom is 0.223 e. The SMILES string of the molecule is CC(=O)N[C@@H]1[C@@H](Oc2ccc(Nc3nc(-c4ccc(Cl)cc4)nc4ccccc34)cc2)O[C@H](CO)[C@H](O)[C@H]1O. The highest BCUT2D eigenvalue weighted by atomic mass is 35.5. The van der Waals surface area contributed by atoms with Gasteiger partial charge in [-0.1, -0.05) is 23.7 Å². The number of hydrogen-bond donors (Lipinski definition) is 5. The van der Waals surface area contributed by atoms with Gasteiger partial charge in [0.05, 0.1) is 12.1 Å². The normalized spacial score (nSPS) is 22.8. The van der Waals surface area contributed by atoms with E-state index in [1.807, 2.05) is 36.4 Å². The van der Waals surface area contributed by atoms with E-state index < -0.39 is 43.2 Å². The number of amides is 1. The lowest BCUT2D eigenvalue weighted by atomic mass is 9.97. The maximum absolute atomic E-state index is 11.7. The van der Waals surface area contributed by atoms with Crippen molar-refractivity contribution >= 4 is 39.9 Å². The Bertz CT molecular complexity index is 1450. The Balaban J connectivity index is 1.38. The number of fused-ring (bicyclic) bond motifs is 1. The van der Waals surface area contributed by atoms with Crippen molar-refractivity contribution in [1.29, 1.82) is 0 Å². The molecular formula is C28H27ClN4O6. The van der Waals surface area contributed by atoms with Gasteiger partial charge in [0.25, 0.3) is 0 Å². The van der Waals surface area contributed by atoms with E-state index in [2.05, 4.69) is 10.6 Å². The molecule has 39 heavy (non-hydrogen) atoms. The van der Waals surface area contributed by atoms with Crippen LogP contribution in [0.25, 0.3) is 22.3 Å². The Morgan fingerprint density at radius 1 is 1.00 bits per heavy atom. The van der Waals surface area contributed by atoms with Gasteiger partial charge in [-0.25, -0.2) is 9.97 Å². The number of halogens is 1. The topological polar surface area (TPSA) is 146 Å². The van der Waals surface area contributed by atoms with Crippen molar-refractivity contribution in [3.05, 3.63) is 77.8 Å². The lowest BCUT2D eigenvalue weighted by molar-refractivity contribution is -0.244. The minimum Gasteiger partial charge on any atom is -0.463 e. The van der Waals surface area contributed by atoms with Crippen molar-refractivity contribution in [3.63, 3.8) is 0 Å². The monoisotopic (exact) mass is 550 g/mol. The summed E-state index contributed by atoms with van der Waals surface area (Å²) in [6.45, 7) is 0.753. The Hall–Kier alpha value is -3.80. The van der Waals surface area contributed by atoms with Gasteiger partial charge in [-0.3, -0.25) is 4.79 Å². The van der Waals surface area contributed by atoms with Crippen LogP contribution in [0.5, 0.6) is 5.75 Å². The smallest absolute Gasteiger partial charge is 0.223 e. The number of hydrogen-bond acceptors (Lipinski definition) is 9. The third-order valence-electron chi connectivity index (χ3n) is 6.33. The molecule has 0 saturated carbocycles. The number of aliphatic hydroxyl groups is 3. The highest BCUT2D eigenvalue weighted by Crippen LogP contribution is 2.30. The second kappa shape index (κ2) is 11.5. The Kier molecular flexibility index (Phi) is 7.92. The largest absolute Gasteiger partial charge is 0.463 e. The summed E-state index contributed by atoms with van der Waals surface area (Å²) in [5.74, 6) is 1.12. The van der Waals surface area contributed by atoms with Crippen molar-refractivity contribution in [2.75, 3.05) is 11.9 Å². The summed E-state index contributed by atoms with van der Waals surface area (Å²) in [5.41, 5.74) is 2.32. The second-order valence-corrected chi connectivity index (χ2v) is 9.56. The van der Waals surface area contributed by atoms with E-state index in [1.54, 1.807) is 36.4 Å². The van der Waals surface area contributed by atoms with Crippen LogP contribution in [0.15, 0.2) is 72.8 Å². The average molecular weight is 551 g/mol. The molecule has 1 aliphatic heterocycles. The molecule has 1 aliphatic rings. The van der Waals surface area contributed by atoms with Gasteiger partial charge in [-0.15, -0.1) is 0 Å². The first-order valence-electron chi connectivity index (χ1n) is 12.3. The molecule has 1 amide bonds. The quantitative estimate of drug-likeness (QED) is 0.234. The molecule has 0 spiro atoms. The number of benzene rings is 3. The summed E-state index contributed by atoms with van der Waals surface area (Å²) in [7, 11) is 0. The molecule has 3 aromatic carbocycles. The van der Waals surface area contributed by atoms with Gasteiger partial charge in [-0.2, -0.15) is 0 Å². The maximum atomic E-state index is 11.7. The van der Waals surface area contributed by atoms with E-state index in [9.17, 15) is 20.1 Å². The van der Waals surface area contributed by atoms with Crippen LogP contribution >= 0.6 is 11.6 Å². The van der Waals surface area contributed by atoms with E-state index >= 15 is 0 Å². The minimum absolute atomic E-state index is 0.385. The number of nitrogens with zero attached hydrogens (tertiary/aromatic N) is 2. The number of aliphatic hydroxyl groups excluding tert-OH is 3. The van der Waals surface area contributed by atoms with Gasteiger partial charge in [0, 0.05) is 28.6 Å². The fourth-order valence-electron chi connectivity index (χ4n) is 4.36. The summed E-state index contributed by atoms with van der Waals surface area (Å²) in [4.78, 5) is 21.1. The molecule has 2 heterocycles. The zero-order valence-corrected chi connectivity index (χ0v) is 21.6. The molecule has 4 aromatic rings. The van der Waals surface area contributed by atoms with E-state index in [-0.39, 0.29) is 0 Å². The van der Waals surface area contributed by atoms with Gasteiger partial charge in [-0.05, 0) is 60.7 Å². The molecule has 1 aromatic heterocycles. The zero-order chi connectivity index (χ0) is 27.5. The van der Waals surface area contributed by atoms with Gasteiger partial charge in [0.15, 0.2) is 5.82 Å². The van der Waals surface area contributed by atoms with Gasteiger partial charge >= 0.3 is 0 Å². The summed E-state index contributed by atoms with van der Waals surface area (Å²) in [6, 6.07) is 20.9. The van der Waals surface area contributed by atoms with Crippen LogP contribution in [0.4, 0.5) is 11.5 Å². The molecule has 0 aliphatic carbocycles. The number of anilines is 2. The van der Waals surface area contributed by atoms with Crippen LogP contribution in [0.2, 0.25) is 5.02 Å².